The number of nitrogen functional groups attached to an aromatic ring is 1. The molecule has 0 saturated carbocycles. The number of fused-ring (bicyclic) bond motifs is 3. The highest BCUT2D eigenvalue weighted by Crippen LogP contribution is 2.49. The first-order valence-corrected chi connectivity index (χ1v) is 10.1. The number of aromatic nitrogens is 1. The third-order valence-electron chi connectivity index (χ3n) is 6.95. The molecule has 1 saturated heterocycles. The topological polar surface area (TPSA) is 51.4 Å². The molecule has 0 bridgehead atoms. The van der Waals surface area contributed by atoms with Gasteiger partial charge in [0.15, 0.2) is 0 Å². The lowest BCUT2D eigenvalue weighted by Crippen LogP contribution is -2.53. The lowest BCUT2D eigenvalue weighted by atomic mass is 9.58. The Morgan fingerprint density at radius 2 is 2.04 bits per heavy atom. The molecule has 0 unspecified atom stereocenters. The number of hydrogen-bond acceptors (Lipinski definition) is 4. The second kappa shape index (κ2) is 6.49. The van der Waals surface area contributed by atoms with E-state index in [0.29, 0.717) is 5.92 Å². The Labute approximate surface area is 166 Å². The lowest BCUT2D eigenvalue weighted by molar-refractivity contribution is 0.0989. The highest BCUT2D eigenvalue weighted by atomic mass is 16.5. The molecule has 0 radical (unpaired) electrons. The van der Waals surface area contributed by atoms with Crippen LogP contribution in [0.1, 0.15) is 23.2 Å². The van der Waals surface area contributed by atoms with Crippen LogP contribution >= 0.6 is 0 Å². The maximum Gasteiger partial charge on any atom is 0.119 e. The molecule has 1 aliphatic carbocycles. The van der Waals surface area contributed by atoms with Crippen molar-refractivity contribution in [2.45, 2.75) is 24.7 Å². The maximum atomic E-state index is 6.65. The number of methoxy groups -OCH3 is 1. The minimum Gasteiger partial charge on any atom is -0.497 e. The summed E-state index contributed by atoms with van der Waals surface area (Å²) in [4.78, 5) is 7.53. The normalized spacial score (nSPS) is 24.6. The molecular formula is C24H27N3O. The van der Waals surface area contributed by atoms with E-state index in [0.717, 1.165) is 54.7 Å². The molecule has 0 spiro atoms. The van der Waals surface area contributed by atoms with Crippen LogP contribution in [-0.2, 0) is 18.3 Å². The van der Waals surface area contributed by atoms with E-state index in [1.54, 1.807) is 7.11 Å². The van der Waals surface area contributed by atoms with E-state index in [4.69, 9.17) is 15.5 Å². The van der Waals surface area contributed by atoms with Gasteiger partial charge in [0, 0.05) is 35.1 Å². The average Bonchev–Trinajstić information content (AvgIpc) is 2.73. The van der Waals surface area contributed by atoms with Crippen molar-refractivity contribution < 1.29 is 4.74 Å². The number of para-hydroxylation sites is 1. The molecule has 5 rings (SSSR count). The van der Waals surface area contributed by atoms with Crippen LogP contribution in [0.15, 0.2) is 48.5 Å². The molecule has 2 N–H and O–H groups in total. The molecule has 0 amide bonds. The number of rotatable bonds is 2. The largest absolute Gasteiger partial charge is 0.497 e. The molecule has 2 aromatic carbocycles. The fourth-order valence-electron chi connectivity index (χ4n) is 5.39. The van der Waals surface area contributed by atoms with Crippen LogP contribution < -0.4 is 10.5 Å². The Morgan fingerprint density at radius 1 is 1.18 bits per heavy atom. The summed E-state index contributed by atoms with van der Waals surface area (Å²) in [5.41, 5.74) is 12.5. The van der Waals surface area contributed by atoms with Gasteiger partial charge < -0.3 is 15.4 Å². The zero-order valence-corrected chi connectivity index (χ0v) is 16.6. The first-order valence-electron chi connectivity index (χ1n) is 10.1. The van der Waals surface area contributed by atoms with Crippen molar-refractivity contribution in [1.29, 1.82) is 0 Å². The SMILES string of the molecule is COc1cccc([C@]23CCN(C)C[C@@H]2Cc2c(nc4ccccc4c2N)C3)c1. The monoisotopic (exact) mass is 373 g/mol. The molecule has 28 heavy (non-hydrogen) atoms. The molecule has 144 valence electrons. The fourth-order valence-corrected chi connectivity index (χ4v) is 5.39. The second-order valence-electron chi connectivity index (χ2n) is 8.45. The first kappa shape index (κ1) is 17.5. The third kappa shape index (κ3) is 2.59. The van der Waals surface area contributed by atoms with Gasteiger partial charge in [0.25, 0.3) is 0 Å². The summed E-state index contributed by atoms with van der Waals surface area (Å²) < 4.78 is 5.54. The standard InChI is InChI=1S/C24H27N3O/c1-27-11-10-24(16-6-5-7-18(12-16)28-2)14-22-20(13-17(24)15-27)23(25)19-8-3-4-9-21(19)26-22/h3-9,12,17H,10-11,13-15H2,1-2H3,(H2,25,26)/t17-,24+/m0/s1. The van der Waals surface area contributed by atoms with Crippen LogP contribution in [0.5, 0.6) is 5.75 Å². The Hall–Kier alpha value is -2.59. The van der Waals surface area contributed by atoms with Gasteiger partial charge in [0.05, 0.1) is 12.6 Å². The van der Waals surface area contributed by atoms with Crippen molar-refractivity contribution >= 4 is 16.6 Å². The Kier molecular flexibility index (Phi) is 4.06. The van der Waals surface area contributed by atoms with Crippen molar-refractivity contribution in [3.05, 3.63) is 65.4 Å². The summed E-state index contributed by atoms with van der Waals surface area (Å²) in [6, 6.07) is 16.9. The summed E-state index contributed by atoms with van der Waals surface area (Å²) >= 11 is 0. The van der Waals surface area contributed by atoms with Gasteiger partial charge in [0.2, 0.25) is 0 Å². The van der Waals surface area contributed by atoms with Crippen LogP contribution in [0, 0.1) is 5.92 Å². The summed E-state index contributed by atoms with van der Waals surface area (Å²) in [7, 11) is 3.97. The van der Waals surface area contributed by atoms with Crippen LogP contribution in [-0.4, -0.2) is 37.1 Å². The van der Waals surface area contributed by atoms with Crippen molar-refractivity contribution in [3.8, 4) is 5.75 Å². The van der Waals surface area contributed by atoms with E-state index in [9.17, 15) is 0 Å². The predicted molar refractivity (Wildman–Crippen MR) is 114 cm³/mol. The summed E-state index contributed by atoms with van der Waals surface area (Å²) in [6.45, 7) is 2.19. The average molecular weight is 374 g/mol. The van der Waals surface area contributed by atoms with E-state index in [1.165, 1.54) is 16.8 Å². The number of nitrogens with two attached hydrogens (primary N) is 1. The fraction of sp³-hybridized carbons (Fsp3) is 0.375. The van der Waals surface area contributed by atoms with Crippen LogP contribution in [0.25, 0.3) is 10.9 Å². The summed E-state index contributed by atoms with van der Waals surface area (Å²) in [6.07, 6.45) is 3.07. The van der Waals surface area contributed by atoms with E-state index >= 15 is 0 Å². The van der Waals surface area contributed by atoms with E-state index in [2.05, 4.69) is 42.3 Å². The van der Waals surface area contributed by atoms with Gasteiger partial charge in [-0.2, -0.15) is 0 Å². The van der Waals surface area contributed by atoms with E-state index < -0.39 is 0 Å². The van der Waals surface area contributed by atoms with E-state index in [1.807, 2.05) is 18.2 Å². The second-order valence-corrected chi connectivity index (χ2v) is 8.45. The number of nitrogens with zero attached hydrogens (tertiary/aromatic N) is 2. The van der Waals surface area contributed by atoms with Crippen LogP contribution in [0.2, 0.25) is 0 Å². The molecule has 1 fully saturated rings. The van der Waals surface area contributed by atoms with Gasteiger partial charge in [-0.3, -0.25) is 4.98 Å². The van der Waals surface area contributed by atoms with Crippen LogP contribution in [0.4, 0.5) is 5.69 Å². The molecule has 1 aliphatic heterocycles. The van der Waals surface area contributed by atoms with Gasteiger partial charge in [-0.05, 0) is 61.7 Å². The Bertz CT molecular complexity index is 1050. The Morgan fingerprint density at radius 3 is 2.89 bits per heavy atom. The van der Waals surface area contributed by atoms with Gasteiger partial charge in [0.1, 0.15) is 5.75 Å². The quantitative estimate of drug-likeness (QED) is 0.742. The van der Waals surface area contributed by atoms with Gasteiger partial charge >= 0.3 is 0 Å². The van der Waals surface area contributed by atoms with Gasteiger partial charge in [-0.25, -0.2) is 0 Å². The number of benzene rings is 2. The van der Waals surface area contributed by atoms with Crippen molar-refractivity contribution in [2.24, 2.45) is 5.92 Å². The molecular weight excluding hydrogens is 346 g/mol. The smallest absolute Gasteiger partial charge is 0.119 e. The Balaban J connectivity index is 1.69. The first-order chi connectivity index (χ1) is 13.6. The molecule has 2 aliphatic rings. The zero-order valence-electron chi connectivity index (χ0n) is 16.6. The number of hydrogen-bond donors (Lipinski definition) is 1. The number of anilines is 1. The highest BCUT2D eigenvalue weighted by Gasteiger charge is 2.47. The highest BCUT2D eigenvalue weighted by molar-refractivity contribution is 5.92. The van der Waals surface area contributed by atoms with Gasteiger partial charge in [-0.15, -0.1) is 0 Å². The van der Waals surface area contributed by atoms with Crippen molar-refractivity contribution in [1.82, 2.24) is 9.88 Å². The zero-order chi connectivity index (χ0) is 19.3. The number of likely N-dealkylation sites (tertiary alicyclic amines) is 1. The van der Waals surface area contributed by atoms with Crippen LogP contribution in [0.3, 0.4) is 0 Å². The number of piperidine rings is 1. The molecule has 3 aromatic rings. The maximum absolute atomic E-state index is 6.65. The van der Waals surface area contributed by atoms with Crippen molar-refractivity contribution in [2.75, 3.05) is 33.0 Å². The third-order valence-corrected chi connectivity index (χ3v) is 6.95. The number of ether oxygens (including phenoxy) is 1. The number of pyridine rings is 1. The predicted octanol–water partition coefficient (Wildman–Crippen LogP) is 3.81. The molecule has 2 atom stereocenters. The van der Waals surface area contributed by atoms with Gasteiger partial charge in [-0.1, -0.05) is 30.3 Å². The molecule has 2 heterocycles. The van der Waals surface area contributed by atoms with Crippen molar-refractivity contribution in [3.63, 3.8) is 0 Å². The summed E-state index contributed by atoms with van der Waals surface area (Å²) in [5.74, 6) is 1.46. The molecule has 4 nitrogen and oxygen atoms in total. The minimum atomic E-state index is 0.0932. The minimum absolute atomic E-state index is 0.0932. The molecule has 1 aromatic heterocycles. The lowest BCUT2D eigenvalue weighted by Gasteiger charge is -2.50. The summed E-state index contributed by atoms with van der Waals surface area (Å²) in [5, 5.41) is 1.08. The van der Waals surface area contributed by atoms with E-state index in [-0.39, 0.29) is 5.41 Å². The molecule has 4 heteroatoms.